The fourth-order valence-corrected chi connectivity index (χ4v) is 4.12. The highest BCUT2D eigenvalue weighted by Crippen LogP contribution is 2.40. The zero-order valence-electron chi connectivity index (χ0n) is 15.5. The van der Waals surface area contributed by atoms with Crippen molar-refractivity contribution in [2.24, 2.45) is 0 Å². The van der Waals surface area contributed by atoms with Gasteiger partial charge in [0.05, 0.1) is 16.1 Å². The molecule has 2 aromatic rings. The molecule has 1 fully saturated rings. The average Bonchev–Trinajstić information content (AvgIpc) is 3.12. The van der Waals surface area contributed by atoms with Crippen molar-refractivity contribution in [3.8, 4) is 5.75 Å². The van der Waals surface area contributed by atoms with Crippen LogP contribution in [-0.2, 0) is 6.54 Å². The van der Waals surface area contributed by atoms with E-state index in [4.69, 9.17) is 4.74 Å². The summed E-state index contributed by atoms with van der Waals surface area (Å²) >= 11 is 0. The van der Waals surface area contributed by atoms with Crippen molar-refractivity contribution in [3.63, 3.8) is 0 Å². The number of ketones is 1. The summed E-state index contributed by atoms with van der Waals surface area (Å²) in [7, 11) is 0. The number of benzene rings is 2. The summed E-state index contributed by atoms with van der Waals surface area (Å²) in [5.41, 5.74) is 0.561. The Morgan fingerprint density at radius 3 is 2.70 bits per heavy atom. The number of Topliss-reactive ketones (excluding diaryl/α,β-unsaturated/α-hetero) is 1. The molecule has 3 heterocycles. The topological polar surface area (TPSA) is 75.9 Å². The number of nitro groups is 1. The van der Waals surface area contributed by atoms with Crippen molar-refractivity contribution in [2.75, 3.05) is 13.1 Å². The largest absolute Gasteiger partial charge is 0.465 e. The Balaban J connectivity index is 1.57. The number of allylic oxidation sites excluding steroid dienone is 1. The first-order valence-electron chi connectivity index (χ1n) is 9.29. The molecule has 0 saturated carbocycles. The molecule has 9 heteroatoms. The van der Waals surface area contributed by atoms with Crippen LogP contribution in [0.3, 0.4) is 0 Å². The van der Waals surface area contributed by atoms with Gasteiger partial charge in [0, 0.05) is 25.7 Å². The van der Waals surface area contributed by atoms with Crippen LogP contribution < -0.4 is 4.74 Å². The minimum absolute atomic E-state index is 0.0412. The van der Waals surface area contributed by atoms with Crippen LogP contribution in [0.5, 0.6) is 5.75 Å². The van der Waals surface area contributed by atoms with Crippen LogP contribution >= 0.6 is 0 Å². The van der Waals surface area contributed by atoms with Crippen molar-refractivity contribution >= 4 is 5.78 Å². The Morgan fingerprint density at radius 2 is 1.93 bits per heavy atom. The second kappa shape index (κ2) is 6.65. The Hall–Kier alpha value is -3.75. The summed E-state index contributed by atoms with van der Waals surface area (Å²) < 4.78 is 33.1. The molecule has 0 aromatic heterocycles. The maximum atomic E-state index is 13.6. The van der Waals surface area contributed by atoms with E-state index < -0.39 is 22.8 Å². The van der Waals surface area contributed by atoms with Gasteiger partial charge in [-0.1, -0.05) is 12.1 Å². The van der Waals surface area contributed by atoms with E-state index in [-0.39, 0.29) is 34.9 Å². The third kappa shape index (κ3) is 2.81. The summed E-state index contributed by atoms with van der Waals surface area (Å²) in [6, 6.07) is 9.69. The van der Waals surface area contributed by atoms with E-state index >= 15 is 0 Å². The Morgan fingerprint density at radius 1 is 1.13 bits per heavy atom. The van der Waals surface area contributed by atoms with E-state index in [1.54, 1.807) is 21.9 Å². The summed E-state index contributed by atoms with van der Waals surface area (Å²) in [4.78, 5) is 27.6. The first-order chi connectivity index (χ1) is 14.4. The third-order valence-corrected chi connectivity index (χ3v) is 5.40. The zero-order valence-corrected chi connectivity index (χ0v) is 15.5. The van der Waals surface area contributed by atoms with Gasteiger partial charge >= 0.3 is 5.70 Å². The van der Waals surface area contributed by atoms with Crippen LogP contribution in [0.15, 0.2) is 65.6 Å². The number of fused-ring (bicyclic) bond motifs is 4. The van der Waals surface area contributed by atoms with Crippen LogP contribution in [0.1, 0.15) is 15.9 Å². The van der Waals surface area contributed by atoms with Gasteiger partial charge in [-0.15, -0.1) is 0 Å². The van der Waals surface area contributed by atoms with Crippen molar-refractivity contribution in [1.82, 2.24) is 9.80 Å². The standard InChI is InChI=1S/C21H15F2N3O4/c22-13-3-1-2-12(8-13)11-24-6-7-25-20(24)17(26(28)29)10-16-19(27)15-9-14(23)4-5-18(15)30-21(16)25/h1-5,8-10,21H,6-7,11H2. The van der Waals surface area contributed by atoms with Gasteiger partial charge in [0.25, 0.3) is 0 Å². The summed E-state index contributed by atoms with van der Waals surface area (Å²) in [6.45, 7) is 1.09. The molecule has 3 aliphatic rings. The molecule has 1 unspecified atom stereocenters. The molecule has 2 aromatic carbocycles. The lowest BCUT2D eigenvalue weighted by atomic mass is 9.95. The lowest BCUT2D eigenvalue weighted by Gasteiger charge is -2.37. The van der Waals surface area contributed by atoms with Gasteiger partial charge < -0.3 is 14.5 Å². The summed E-state index contributed by atoms with van der Waals surface area (Å²) in [5, 5.41) is 11.8. The Labute approximate surface area is 169 Å². The number of hydrogen-bond donors (Lipinski definition) is 0. The third-order valence-electron chi connectivity index (χ3n) is 5.40. The van der Waals surface area contributed by atoms with Gasteiger partial charge in [-0.25, -0.2) is 8.78 Å². The normalized spacial score (nSPS) is 19.7. The molecule has 0 bridgehead atoms. The lowest BCUT2D eigenvalue weighted by molar-refractivity contribution is -0.423. The highest BCUT2D eigenvalue weighted by Gasteiger charge is 2.47. The predicted octanol–water partition coefficient (Wildman–Crippen LogP) is 3.07. The molecule has 0 spiro atoms. The Bertz CT molecular complexity index is 1160. The monoisotopic (exact) mass is 411 g/mol. The molecule has 0 amide bonds. The summed E-state index contributed by atoms with van der Waals surface area (Å²) in [5.74, 6) is -0.924. The van der Waals surface area contributed by atoms with Crippen molar-refractivity contribution in [3.05, 3.63) is 98.5 Å². The SMILES string of the molecule is O=C1C2=CC([N+](=O)[O-])=C3N(Cc4cccc(F)c4)CCN3C2Oc2ccc(F)cc21. The molecule has 30 heavy (non-hydrogen) atoms. The molecule has 0 aliphatic carbocycles. The van der Waals surface area contributed by atoms with Crippen molar-refractivity contribution < 1.29 is 23.2 Å². The van der Waals surface area contributed by atoms with Crippen LogP contribution in [-0.4, -0.2) is 39.8 Å². The second-order valence-corrected chi connectivity index (χ2v) is 7.25. The molecule has 3 aliphatic heterocycles. The maximum Gasteiger partial charge on any atom is 0.310 e. The minimum atomic E-state index is -0.841. The minimum Gasteiger partial charge on any atom is -0.465 e. The van der Waals surface area contributed by atoms with Gasteiger partial charge in [0.15, 0.2) is 11.6 Å². The molecule has 152 valence electrons. The van der Waals surface area contributed by atoms with Gasteiger partial charge in [-0.2, -0.15) is 0 Å². The van der Waals surface area contributed by atoms with E-state index in [1.807, 2.05) is 0 Å². The van der Waals surface area contributed by atoms with E-state index in [2.05, 4.69) is 0 Å². The molecular weight excluding hydrogens is 396 g/mol. The first-order valence-corrected chi connectivity index (χ1v) is 9.29. The van der Waals surface area contributed by atoms with Crippen LogP contribution in [0.25, 0.3) is 0 Å². The van der Waals surface area contributed by atoms with Crippen LogP contribution in [0.2, 0.25) is 0 Å². The van der Waals surface area contributed by atoms with Crippen molar-refractivity contribution in [1.29, 1.82) is 0 Å². The predicted molar refractivity (Wildman–Crippen MR) is 101 cm³/mol. The molecule has 5 rings (SSSR count). The van der Waals surface area contributed by atoms with Crippen molar-refractivity contribution in [2.45, 2.75) is 12.8 Å². The number of halogens is 2. The number of carbonyl (C=O) groups is 1. The highest BCUT2D eigenvalue weighted by atomic mass is 19.1. The lowest BCUT2D eigenvalue weighted by Crippen LogP contribution is -2.46. The maximum absolute atomic E-state index is 13.6. The number of hydrogen-bond acceptors (Lipinski definition) is 6. The first kappa shape index (κ1) is 18.3. The molecule has 1 atom stereocenters. The second-order valence-electron chi connectivity index (χ2n) is 7.25. The number of nitrogens with zero attached hydrogens (tertiary/aromatic N) is 3. The van der Waals surface area contributed by atoms with Gasteiger partial charge in [-0.05, 0) is 35.9 Å². The average molecular weight is 411 g/mol. The Kier molecular flexibility index (Phi) is 4.05. The van der Waals surface area contributed by atoms with E-state index in [0.717, 1.165) is 6.07 Å². The van der Waals surface area contributed by atoms with Gasteiger partial charge in [0.1, 0.15) is 17.4 Å². The molecule has 0 N–H and O–H groups in total. The zero-order chi connectivity index (χ0) is 21.0. The molecular formula is C21H15F2N3O4. The van der Waals surface area contributed by atoms with E-state index in [9.17, 15) is 23.7 Å². The fraction of sp³-hybridized carbons (Fsp3) is 0.190. The van der Waals surface area contributed by atoms with Gasteiger partial charge in [0.2, 0.25) is 6.23 Å². The molecule has 7 nitrogen and oxygen atoms in total. The number of carbonyl (C=O) groups excluding carboxylic acids is 1. The van der Waals surface area contributed by atoms with Crippen LogP contribution in [0, 0.1) is 21.7 Å². The van der Waals surface area contributed by atoms with E-state index in [0.29, 0.717) is 24.5 Å². The van der Waals surface area contributed by atoms with Crippen LogP contribution in [0.4, 0.5) is 8.78 Å². The van der Waals surface area contributed by atoms with E-state index in [1.165, 1.54) is 30.3 Å². The van der Waals surface area contributed by atoms with Gasteiger partial charge in [-0.3, -0.25) is 14.9 Å². The fourth-order valence-electron chi connectivity index (χ4n) is 4.12. The summed E-state index contributed by atoms with van der Waals surface area (Å²) in [6.07, 6.45) is 0.364. The number of rotatable bonds is 3. The molecule has 0 radical (unpaired) electrons. The number of ether oxygens (including phenoxy) is 1. The quantitative estimate of drug-likeness (QED) is 0.571. The highest BCUT2D eigenvalue weighted by molar-refractivity contribution is 6.12. The smallest absolute Gasteiger partial charge is 0.310 e. The molecule has 1 saturated heterocycles.